The van der Waals surface area contributed by atoms with E-state index in [0.717, 1.165) is 0 Å². The maximum atomic E-state index is 10.6. The molecule has 0 radical (unpaired) electrons. The topological polar surface area (TPSA) is 127 Å². The van der Waals surface area contributed by atoms with Crippen LogP contribution in [0.3, 0.4) is 0 Å². The van der Waals surface area contributed by atoms with E-state index in [1.807, 2.05) is 0 Å². The standard InChI is InChI=1S/C8H10N2O4/c9-5-1-3(7(11)12)6(10)2-4(5)8(13)14/h1-2,9-10H2,(H,11,12)(H,13,14). The van der Waals surface area contributed by atoms with Gasteiger partial charge < -0.3 is 21.7 Å². The average molecular weight is 198 g/mol. The Kier molecular flexibility index (Phi) is 2.46. The van der Waals surface area contributed by atoms with Gasteiger partial charge in [0.2, 0.25) is 0 Å². The first-order valence-electron chi connectivity index (χ1n) is 3.85. The fourth-order valence-electron chi connectivity index (χ4n) is 1.25. The van der Waals surface area contributed by atoms with E-state index in [2.05, 4.69) is 0 Å². The molecule has 0 unspecified atom stereocenters. The first-order chi connectivity index (χ1) is 6.43. The second-order valence-electron chi connectivity index (χ2n) is 2.97. The Bertz CT molecular complexity index is 332. The normalized spacial score (nSPS) is 17.1. The van der Waals surface area contributed by atoms with Gasteiger partial charge in [-0.3, -0.25) is 0 Å². The van der Waals surface area contributed by atoms with Crippen molar-refractivity contribution in [3.63, 3.8) is 0 Å². The van der Waals surface area contributed by atoms with Crippen molar-refractivity contribution in [1.29, 1.82) is 0 Å². The van der Waals surface area contributed by atoms with Crippen LogP contribution in [0.2, 0.25) is 0 Å². The molecule has 6 N–H and O–H groups in total. The summed E-state index contributed by atoms with van der Waals surface area (Å²) in [5.41, 5.74) is 10.9. The summed E-state index contributed by atoms with van der Waals surface area (Å²) in [6.45, 7) is 0. The summed E-state index contributed by atoms with van der Waals surface area (Å²) in [4.78, 5) is 21.2. The van der Waals surface area contributed by atoms with Crippen LogP contribution >= 0.6 is 0 Å². The van der Waals surface area contributed by atoms with Gasteiger partial charge in [-0.25, -0.2) is 9.59 Å². The summed E-state index contributed by atoms with van der Waals surface area (Å²) < 4.78 is 0. The molecule has 0 aliphatic heterocycles. The Labute approximate surface area is 79.5 Å². The summed E-state index contributed by atoms with van der Waals surface area (Å²) in [6.07, 6.45) is -0.217. The molecule has 1 rings (SSSR count). The number of rotatable bonds is 2. The molecule has 0 amide bonds. The third-order valence-electron chi connectivity index (χ3n) is 2.03. The Morgan fingerprint density at radius 3 is 1.43 bits per heavy atom. The van der Waals surface area contributed by atoms with Gasteiger partial charge >= 0.3 is 11.9 Å². The van der Waals surface area contributed by atoms with E-state index in [1.165, 1.54) is 0 Å². The van der Waals surface area contributed by atoms with Gasteiger partial charge in [0.05, 0.1) is 11.1 Å². The van der Waals surface area contributed by atoms with Crippen LogP contribution in [-0.4, -0.2) is 22.2 Å². The molecule has 0 saturated heterocycles. The molecule has 0 fully saturated rings. The van der Waals surface area contributed by atoms with Crippen molar-refractivity contribution >= 4 is 11.9 Å². The fourth-order valence-corrected chi connectivity index (χ4v) is 1.25. The number of hydrogen-bond acceptors (Lipinski definition) is 4. The van der Waals surface area contributed by atoms with Gasteiger partial charge in [-0.05, 0) is 0 Å². The molecule has 0 aromatic rings. The maximum Gasteiger partial charge on any atom is 0.333 e. The lowest BCUT2D eigenvalue weighted by Crippen LogP contribution is -2.23. The van der Waals surface area contributed by atoms with E-state index in [9.17, 15) is 9.59 Å². The van der Waals surface area contributed by atoms with Gasteiger partial charge in [-0.2, -0.15) is 0 Å². The highest BCUT2D eigenvalue weighted by Crippen LogP contribution is 2.24. The quantitative estimate of drug-likeness (QED) is 0.468. The van der Waals surface area contributed by atoms with Crippen molar-refractivity contribution in [2.24, 2.45) is 11.5 Å². The molecule has 0 aromatic carbocycles. The third kappa shape index (κ3) is 1.68. The van der Waals surface area contributed by atoms with Crippen LogP contribution in [-0.2, 0) is 9.59 Å². The van der Waals surface area contributed by atoms with E-state index >= 15 is 0 Å². The van der Waals surface area contributed by atoms with Crippen LogP contribution in [0.1, 0.15) is 12.8 Å². The number of aliphatic carboxylic acids is 2. The predicted octanol–water partition coefficient (Wildman–Crippen LogP) is -0.625. The molecule has 0 bridgehead atoms. The smallest absolute Gasteiger partial charge is 0.333 e. The number of carboxylic acid groups (broad SMARTS) is 2. The van der Waals surface area contributed by atoms with Gasteiger partial charge in [0, 0.05) is 24.2 Å². The molecule has 0 aromatic heterocycles. The van der Waals surface area contributed by atoms with Crippen molar-refractivity contribution < 1.29 is 19.8 Å². The lowest BCUT2D eigenvalue weighted by molar-refractivity contribution is -0.134. The molecule has 1 aliphatic carbocycles. The summed E-state index contributed by atoms with van der Waals surface area (Å²) in [5, 5.41) is 17.4. The maximum absolute atomic E-state index is 10.6. The molecule has 76 valence electrons. The SMILES string of the molecule is NC1=C(C(=O)O)CC(N)=C(C(=O)O)C1. The molecule has 0 heterocycles. The lowest BCUT2D eigenvalue weighted by Gasteiger charge is -2.16. The minimum absolute atomic E-state index is 0.0208. The van der Waals surface area contributed by atoms with E-state index in [4.69, 9.17) is 21.7 Å². The minimum Gasteiger partial charge on any atom is -0.478 e. The zero-order chi connectivity index (χ0) is 10.9. The minimum atomic E-state index is -1.16. The van der Waals surface area contributed by atoms with Crippen LogP contribution in [0.15, 0.2) is 22.5 Å². The summed E-state index contributed by atoms with van der Waals surface area (Å²) in [5.74, 6) is -2.32. The molecule has 14 heavy (non-hydrogen) atoms. The van der Waals surface area contributed by atoms with Gasteiger partial charge in [-0.15, -0.1) is 0 Å². The van der Waals surface area contributed by atoms with E-state index in [-0.39, 0.29) is 35.4 Å². The van der Waals surface area contributed by atoms with Gasteiger partial charge in [0.25, 0.3) is 0 Å². The third-order valence-corrected chi connectivity index (χ3v) is 2.03. The van der Waals surface area contributed by atoms with Crippen molar-refractivity contribution in [2.75, 3.05) is 0 Å². The van der Waals surface area contributed by atoms with Crippen LogP contribution in [0, 0.1) is 0 Å². The highest BCUT2D eigenvalue weighted by Gasteiger charge is 2.24. The van der Waals surface area contributed by atoms with E-state index in [1.54, 1.807) is 0 Å². The van der Waals surface area contributed by atoms with Crippen LogP contribution in [0.5, 0.6) is 0 Å². The first-order valence-corrected chi connectivity index (χ1v) is 3.85. The van der Waals surface area contributed by atoms with Gasteiger partial charge in [0.15, 0.2) is 0 Å². The number of nitrogens with two attached hydrogens (primary N) is 2. The van der Waals surface area contributed by atoms with E-state index in [0.29, 0.717) is 0 Å². The Hall–Kier alpha value is -1.98. The Balaban J connectivity index is 3.01. The second-order valence-corrected chi connectivity index (χ2v) is 2.97. The fraction of sp³-hybridized carbons (Fsp3) is 0.250. The van der Waals surface area contributed by atoms with Gasteiger partial charge in [-0.1, -0.05) is 0 Å². The van der Waals surface area contributed by atoms with Crippen molar-refractivity contribution in [3.8, 4) is 0 Å². The predicted molar refractivity (Wildman–Crippen MR) is 46.9 cm³/mol. The molecule has 6 nitrogen and oxygen atoms in total. The Morgan fingerprint density at radius 1 is 0.929 bits per heavy atom. The molecule has 0 atom stereocenters. The average Bonchev–Trinajstić information content (AvgIpc) is 2.07. The molecular weight excluding hydrogens is 188 g/mol. The number of allylic oxidation sites excluding steroid dienone is 2. The zero-order valence-electron chi connectivity index (χ0n) is 7.28. The lowest BCUT2D eigenvalue weighted by atomic mass is 9.94. The van der Waals surface area contributed by atoms with Crippen LogP contribution in [0.25, 0.3) is 0 Å². The monoisotopic (exact) mass is 198 g/mol. The zero-order valence-corrected chi connectivity index (χ0v) is 7.28. The Morgan fingerprint density at radius 2 is 1.21 bits per heavy atom. The largest absolute Gasteiger partial charge is 0.478 e. The van der Waals surface area contributed by atoms with Crippen molar-refractivity contribution in [2.45, 2.75) is 12.8 Å². The highest BCUT2D eigenvalue weighted by atomic mass is 16.4. The van der Waals surface area contributed by atoms with Crippen molar-refractivity contribution in [1.82, 2.24) is 0 Å². The first kappa shape index (κ1) is 10.1. The number of carboxylic acids is 2. The summed E-state index contributed by atoms with van der Waals surface area (Å²) >= 11 is 0. The molecule has 6 heteroatoms. The van der Waals surface area contributed by atoms with E-state index < -0.39 is 11.9 Å². The van der Waals surface area contributed by atoms with Gasteiger partial charge in [0.1, 0.15) is 0 Å². The number of carbonyl (C=O) groups is 2. The second kappa shape index (κ2) is 3.41. The molecule has 0 spiro atoms. The summed E-state index contributed by atoms with van der Waals surface area (Å²) in [7, 11) is 0. The summed E-state index contributed by atoms with van der Waals surface area (Å²) in [6, 6.07) is 0. The van der Waals surface area contributed by atoms with Crippen molar-refractivity contribution in [3.05, 3.63) is 22.5 Å². The molecule has 0 saturated carbocycles. The van der Waals surface area contributed by atoms with Crippen LogP contribution in [0.4, 0.5) is 0 Å². The highest BCUT2D eigenvalue weighted by molar-refractivity contribution is 5.93. The molecular formula is C8H10N2O4. The molecule has 1 aliphatic rings. The van der Waals surface area contributed by atoms with Crippen LogP contribution < -0.4 is 11.5 Å². The number of hydrogen-bond donors (Lipinski definition) is 4.